The van der Waals surface area contributed by atoms with Crippen molar-refractivity contribution in [3.8, 4) is 0 Å². The maximum atomic E-state index is 13.2. The summed E-state index contributed by atoms with van der Waals surface area (Å²) in [5.41, 5.74) is 0.353. The van der Waals surface area contributed by atoms with Gasteiger partial charge in [0.05, 0.1) is 11.1 Å². The molecule has 1 atom stereocenters. The van der Waals surface area contributed by atoms with Crippen molar-refractivity contribution in [2.45, 2.75) is 19.4 Å². The van der Waals surface area contributed by atoms with E-state index in [1.165, 1.54) is 6.07 Å². The fraction of sp³-hybridized carbons (Fsp3) is 0.333. The summed E-state index contributed by atoms with van der Waals surface area (Å²) in [6, 6.07) is 2.87. The molecule has 0 aliphatic rings. The van der Waals surface area contributed by atoms with Crippen molar-refractivity contribution in [1.82, 2.24) is 0 Å². The second-order valence-electron chi connectivity index (χ2n) is 2.87. The number of aliphatic hydroxyl groups is 1. The van der Waals surface area contributed by atoms with Crippen molar-refractivity contribution in [3.63, 3.8) is 0 Å². The Morgan fingerprint density at radius 3 is 2.77 bits per heavy atom. The third kappa shape index (κ3) is 2.66. The van der Waals surface area contributed by atoms with Gasteiger partial charge in [0.1, 0.15) is 5.82 Å². The van der Waals surface area contributed by atoms with E-state index in [1.807, 2.05) is 0 Å². The third-order valence-corrected chi connectivity index (χ3v) is 2.96. The van der Waals surface area contributed by atoms with Gasteiger partial charge in [-0.25, -0.2) is 4.39 Å². The maximum absolute atomic E-state index is 13.2. The van der Waals surface area contributed by atoms with Gasteiger partial charge in [0.25, 0.3) is 0 Å². The van der Waals surface area contributed by atoms with Crippen molar-refractivity contribution in [2.75, 3.05) is 0 Å². The van der Waals surface area contributed by atoms with Crippen LogP contribution in [0.1, 0.15) is 12.5 Å². The van der Waals surface area contributed by atoms with E-state index < -0.39 is 6.10 Å². The zero-order valence-corrected chi connectivity index (χ0v) is 9.36. The Balaban J connectivity index is 3.10. The number of benzene rings is 1. The molecule has 1 rings (SSSR count). The smallest absolute Gasteiger partial charge is 0.128 e. The zero-order chi connectivity index (χ0) is 10.0. The molecule has 0 amide bonds. The van der Waals surface area contributed by atoms with Crippen molar-refractivity contribution < 1.29 is 9.50 Å². The standard InChI is InChI=1S/C9H9BrClFO/c1-5(13)4-6-8(12)3-2-7(10)9(6)11/h2-3,5,13H,4H2,1H3. The summed E-state index contributed by atoms with van der Waals surface area (Å²) in [5, 5.41) is 9.44. The molecule has 72 valence electrons. The summed E-state index contributed by atoms with van der Waals surface area (Å²) in [6.07, 6.45) is -0.370. The molecule has 0 saturated heterocycles. The summed E-state index contributed by atoms with van der Waals surface area (Å²) in [4.78, 5) is 0. The van der Waals surface area contributed by atoms with Gasteiger partial charge in [-0.3, -0.25) is 0 Å². The third-order valence-electron chi connectivity index (χ3n) is 1.64. The predicted octanol–water partition coefficient (Wildman–Crippen LogP) is 3.16. The minimum absolute atomic E-state index is 0.226. The lowest BCUT2D eigenvalue weighted by molar-refractivity contribution is 0.194. The van der Waals surface area contributed by atoms with Crippen LogP contribution >= 0.6 is 27.5 Å². The summed E-state index contributed by atoms with van der Waals surface area (Å²) >= 11 is 9.03. The summed E-state index contributed by atoms with van der Waals surface area (Å²) in [6.45, 7) is 1.59. The van der Waals surface area contributed by atoms with Gasteiger partial charge in [-0.2, -0.15) is 0 Å². The molecule has 1 aromatic rings. The predicted molar refractivity (Wildman–Crippen MR) is 54.5 cm³/mol. The van der Waals surface area contributed by atoms with E-state index in [9.17, 15) is 4.39 Å². The molecule has 1 aromatic carbocycles. The number of rotatable bonds is 2. The molecule has 0 fully saturated rings. The van der Waals surface area contributed by atoms with Gasteiger partial charge in [0.2, 0.25) is 0 Å². The molecular formula is C9H9BrClFO. The van der Waals surface area contributed by atoms with Crippen LogP contribution in [0.4, 0.5) is 4.39 Å². The molecule has 0 radical (unpaired) electrons. The van der Waals surface area contributed by atoms with Gasteiger partial charge in [-0.15, -0.1) is 0 Å². The highest BCUT2D eigenvalue weighted by molar-refractivity contribution is 9.10. The highest BCUT2D eigenvalue weighted by Crippen LogP contribution is 2.29. The van der Waals surface area contributed by atoms with Gasteiger partial charge in [-0.1, -0.05) is 11.6 Å². The average Bonchev–Trinajstić information content (AvgIpc) is 2.05. The molecular weight excluding hydrogens is 258 g/mol. The van der Waals surface area contributed by atoms with Crippen LogP contribution in [0.2, 0.25) is 5.02 Å². The molecule has 1 unspecified atom stereocenters. The lowest BCUT2D eigenvalue weighted by atomic mass is 10.1. The summed E-state index contributed by atoms with van der Waals surface area (Å²) < 4.78 is 13.8. The highest BCUT2D eigenvalue weighted by atomic mass is 79.9. The molecule has 0 aliphatic heterocycles. The molecule has 0 aliphatic carbocycles. The molecule has 0 aromatic heterocycles. The second-order valence-corrected chi connectivity index (χ2v) is 4.11. The minimum Gasteiger partial charge on any atom is -0.393 e. The van der Waals surface area contributed by atoms with Crippen LogP contribution in [0, 0.1) is 5.82 Å². The molecule has 0 saturated carbocycles. The number of halogens is 3. The van der Waals surface area contributed by atoms with E-state index in [2.05, 4.69) is 15.9 Å². The largest absolute Gasteiger partial charge is 0.393 e. The van der Waals surface area contributed by atoms with Crippen molar-refractivity contribution in [3.05, 3.63) is 33.0 Å². The lowest BCUT2D eigenvalue weighted by Gasteiger charge is -2.08. The first kappa shape index (κ1) is 11.0. The molecule has 1 N–H and O–H groups in total. The van der Waals surface area contributed by atoms with Crippen molar-refractivity contribution in [2.24, 2.45) is 0 Å². The topological polar surface area (TPSA) is 20.2 Å². The fourth-order valence-corrected chi connectivity index (χ4v) is 1.65. The van der Waals surface area contributed by atoms with Crippen molar-refractivity contribution >= 4 is 27.5 Å². The van der Waals surface area contributed by atoms with E-state index in [0.717, 1.165) is 0 Å². The Bertz CT molecular complexity index is 315. The monoisotopic (exact) mass is 266 g/mol. The van der Waals surface area contributed by atoms with Crippen molar-refractivity contribution in [1.29, 1.82) is 0 Å². The Morgan fingerprint density at radius 1 is 1.62 bits per heavy atom. The van der Waals surface area contributed by atoms with E-state index in [0.29, 0.717) is 15.1 Å². The van der Waals surface area contributed by atoms with Crippen LogP contribution in [0.15, 0.2) is 16.6 Å². The Kier molecular flexibility index (Phi) is 3.71. The Morgan fingerprint density at radius 2 is 2.23 bits per heavy atom. The van der Waals surface area contributed by atoms with E-state index in [1.54, 1.807) is 13.0 Å². The van der Waals surface area contributed by atoms with Gasteiger partial charge >= 0.3 is 0 Å². The van der Waals surface area contributed by atoms with Crippen LogP contribution < -0.4 is 0 Å². The van der Waals surface area contributed by atoms with Gasteiger partial charge < -0.3 is 5.11 Å². The first-order valence-corrected chi connectivity index (χ1v) is 5.00. The Labute approximate surface area is 89.7 Å². The molecule has 1 nitrogen and oxygen atoms in total. The normalized spacial score (nSPS) is 13.0. The van der Waals surface area contributed by atoms with E-state index >= 15 is 0 Å². The summed E-state index contributed by atoms with van der Waals surface area (Å²) in [7, 11) is 0. The quantitative estimate of drug-likeness (QED) is 0.816. The number of hydrogen-bond donors (Lipinski definition) is 1. The van der Waals surface area contributed by atoms with Gasteiger partial charge in [0, 0.05) is 16.5 Å². The average molecular weight is 268 g/mol. The molecule has 0 heterocycles. The van der Waals surface area contributed by atoms with E-state index in [4.69, 9.17) is 16.7 Å². The number of hydrogen-bond acceptors (Lipinski definition) is 1. The van der Waals surface area contributed by atoms with Gasteiger partial charge in [-0.05, 0) is 35.0 Å². The Hall–Kier alpha value is -0.120. The molecule has 0 bridgehead atoms. The van der Waals surface area contributed by atoms with Crippen LogP contribution in [-0.2, 0) is 6.42 Å². The first-order chi connectivity index (χ1) is 6.02. The van der Waals surface area contributed by atoms with Crippen LogP contribution in [-0.4, -0.2) is 11.2 Å². The van der Waals surface area contributed by atoms with E-state index in [-0.39, 0.29) is 12.2 Å². The first-order valence-electron chi connectivity index (χ1n) is 3.82. The van der Waals surface area contributed by atoms with Gasteiger partial charge in [0.15, 0.2) is 0 Å². The minimum atomic E-state index is -0.596. The second kappa shape index (κ2) is 4.40. The molecule has 0 spiro atoms. The van der Waals surface area contributed by atoms with Crippen LogP contribution in [0.25, 0.3) is 0 Å². The zero-order valence-electron chi connectivity index (χ0n) is 7.02. The van der Waals surface area contributed by atoms with Crippen LogP contribution in [0.5, 0.6) is 0 Å². The highest BCUT2D eigenvalue weighted by Gasteiger charge is 2.12. The fourth-order valence-electron chi connectivity index (χ4n) is 1.05. The SMILES string of the molecule is CC(O)Cc1c(F)ccc(Br)c1Cl. The van der Waals surface area contributed by atoms with Crippen LogP contribution in [0.3, 0.4) is 0 Å². The molecule has 4 heteroatoms. The summed E-state index contributed by atoms with van der Waals surface area (Å²) in [5.74, 6) is -0.380. The lowest BCUT2D eigenvalue weighted by Crippen LogP contribution is -2.06. The number of aliphatic hydroxyl groups excluding tert-OH is 1. The molecule has 13 heavy (non-hydrogen) atoms. The maximum Gasteiger partial charge on any atom is 0.128 e.